The van der Waals surface area contributed by atoms with Crippen LogP contribution in [0.2, 0.25) is 0 Å². The molecule has 0 aromatic heterocycles. The van der Waals surface area contributed by atoms with Crippen molar-refractivity contribution in [2.24, 2.45) is 0 Å². The van der Waals surface area contributed by atoms with E-state index in [9.17, 15) is 23.3 Å². The molecular weight excluding hydrogens is 456 g/mol. The number of rotatable bonds is 8. The number of hydrogen-bond donors (Lipinski definition) is 1. The van der Waals surface area contributed by atoms with Gasteiger partial charge in [-0.3, -0.25) is 19.6 Å². The molecule has 0 radical (unpaired) electrons. The second-order valence-corrected chi connectivity index (χ2v) is 9.22. The predicted molar refractivity (Wildman–Crippen MR) is 128 cm³/mol. The van der Waals surface area contributed by atoms with Gasteiger partial charge in [0.05, 0.1) is 21.8 Å². The summed E-state index contributed by atoms with van der Waals surface area (Å²) >= 11 is 0. The third kappa shape index (κ3) is 5.38. The minimum Gasteiger partial charge on any atom is -0.460 e. The molecule has 172 valence electrons. The lowest BCUT2D eigenvalue weighted by atomic mass is 10.1. The van der Waals surface area contributed by atoms with E-state index in [0.29, 0.717) is 16.8 Å². The highest BCUT2D eigenvalue weighted by molar-refractivity contribution is 7.92. The van der Waals surface area contributed by atoms with E-state index in [2.05, 4.69) is 4.72 Å². The highest BCUT2D eigenvalue weighted by Gasteiger charge is 2.16. The van der Waals surface area contributed by atoms with Crippen molar-refractivity contribution in [1.29, 1.82) is 0 Å². The Morgan fingerprint density at radius 1 is 0.882 bits per heavy atom. The van der Waals surface area contributed by atoms with Crippen molar-refractivity contribution in [3.8, 4) is 0 Å². The molecule has 0 spiro atoms. The first kappa shape index (κ1) is 22.9. The summed E-state index contributed by atoms with van der Waals surface area (Å²) in [4.78, 5) is 22.8. The molecule has 4 aromatic carbocycles. The molecule has 0 saturated carbocycles. The van der Waals surface area contributed by atoms with Gasteiger partial charge < -0.3 is 4.74 Å². The Hall–Kier alpha value is -4.24. The lowest BCUT2D eigenvalue weighted by Crippen LogP contribution is -2.13. The lowest BCUT2D eigenvalue weighted by Gasteiger charge is -2.10. The van der Waals surface area contributed by atoms with E-state index in [-0.39, 0.29) is 23.6 Å². The number of carbonyl (C=O) groups is 1. The number of nitro groups is 1. The number of fused-ring (bicyclic) bond motifs is 1. The Kier molecular flexibility index (Phi) is 6.55. The van der Waals surface area contributed by atoms with Gasteiger partial charge in [-0.25, -0.2) is 8.42 Å². The molecule has 0 aliphatic heterocycles. The number of esters is 1. The summed E-state index contributed by atoms with van der Waals surface area (Å²) in [5.74, 6) is -0.553. The van der Waals surface area contributed by atoms with Crippen LogP contribution in [0.5, 0.6) is 0 Å². The van der Waals surface area contributed by atoms with E-state index >= 15 is 0 Å². The van der Waals surface area contributed by atoms with E-state index in [1.54, 1.807) is 54.6 Å². The van der Waals surface area contributed by atoms with E-state index < -0.39 is 20.9 Å². The van der Waals surface area contributed by atoms with Gasteiger partial charge in [-0.05, 0) is 46.7 Å². The van der Waals surface area contributed by atoms with E-state index in [1.165, 1.54) is 12.1 Å². The summed E-state index contributed by atoms with van der Waals surface area (Å²) in [5, 5.41) is 12.8. The molecule has 34 heavy (non-hydrogen) atoms. The summed E-state index contributed by atoms with van der Waals surface area (Å²) in [6, 6.07) is 24.8. The Morgan fingerprint density at radius 3 is 2.29 bits per heavy atom. The first-order valence-electron chi connectivity index (χ1n) is 10.3. The molecule has 0 saturated heterocycles. The first-order chi connectivity index (χ1) is 16.3. The molecule has 0 atom stereocenters. The van der Waals surface area contributed by atoms with Gasteiger partial charge in [0.25, 0.3) is 15.7 Å². The molecular formula is C25H20N2O6S. The second kappa shape index (κ2) is 9.72. The molecule has 4 rings (SSSR count). The Bertz CT molecular complexity index is 1470. The van der Waals surface area contributed by atoms with Gasteiger partial charge in [-0.2, -0.15) is 0 Å². The quantitative estimate of drug-likeness (QED) is 0.221. The first-order valence-corrected chi connectivity index (χ1v) is 11.8. The lowest BCUT2D eigenvalue weighted by molar-refractivity contribution is -0.385. The van der Waals surface area contributed by atoms with Crippen LogP contribution in [0.1, 0.15) is 11.1 Å². The van der Waals surface area contributed by atoms with Crippen LogP contribution < -0.4 is 4.72 Å². The molecule has 4 aromatic rings. The molecule has 9 heteroatoms. The van der Waals surface area contributed by atoms with Crippen molar-refractivity contribution in [3.63, 3.8) is 0 Å². The van der Waals surface area contributed by atoms with E-state index in [4.69, 9.17) is 4.74 Å². The van der Waals surface area contributed by atoms with Crippen molar-refractivity contribution >= 4 is 38.1 Å². The minimum atomic E-state index is -3.79. The number of nitro benzene ring substituents is 1. The van der Waals surface area contributed by atoms with Crippen molar-refractivity contribution < 1.29 is 22.9 Å². The molecule has 0 aliphatic carbocycles. The molecule has 1 N–H and O–H groups in total. The van der Waals surface area contributed by atoms with Gasteiger partial charge >= 0.3 is 5.97 Å². The number of benzene rings is 4. The van der Waals surface area contributed by atoms with Gasteiger partial charge in [0, 0.05) is 11.8 Å². The minimum absolute atomic E-state index is 0.0572. The summed E-state index contributed by atoms with van der Waals surface area (Å²) in [6.07, 6.45) is -0.0572. The average Bonchev–Trinajstić information content (AvgIpc) is 2.83. The van der Waals surface area contributed by atoms with Crippen LogP contribution in [0.25, 0.3) is 10.8 Å². The van der Waals surface area contributed by atoms with Crippen LogP contribution in [0.3, 0.4) is 0 Å². The SMILES string of the molecule is O=C(Cc1ccc(NS(=O)(=O)c2ccc3ccccc3c2)cc1)OCc1ccccc1[N+](=O)[O-]. The largest absolute Gasteiger partial charge is 0.460 e. The predicted octanol–water partition coefficient (Wildman–Crippen LogP) is 4.83. The van der Waals surface area contributed by atoms with Crippen LogP contribution in [0.4, 0.5) is 11.4 Å². The molecule has 0 fully saturated rings. The summed E-state index contributed by atoms with van der Waals surface area (Å²) in [5.41, 5.74) is 1.16. The number of hydrogen-bond acceptors (Lipinski definition) is 6. The van der Waals surface area contributed by atoms with E-state index in [1.807, 2.05) is 24.3 Å². The monoisotopic (exact) mass is 476 g/mol. The standard InChI is InChI=1S/C25H20N2O6S/c28-25(33-17-21-7-3-4-8-24(21)27(29)30)15-18-9-12-22(13-10-18)26-34(31,32)23-14-11-19-5-1-2-6-20(19)16-23/h1-14,16,26H,15,17H2. The number of anilines is 1. The fourth-order valence-corrected chi connectivity index (χ4v) is 4.52. The number of sulfonamides is 1. The number of ether oxygens (including phenoxy) is 1. The second-order valence-electron chi connectivity index (χ2n) is 7.53. The molecule has 0 amide bonds. The fraction of sp³-hybridized carbons (Fsp3) is 0.0800. The van der Waals surface area contributed by atoms with Crippen LogP contribution in [-0.4, -0.2) is 19.3 Å². The topological polar surface area (TPSA) is 116 Å². The van der Waals surface area contributed by atoms with Crippen LogP contribution in [0, 0.1) is 10.1 Å². The van der Waals surface area contributed by atoms with Crippen molar-refractivity contribution in [1.82, 2.24) is 0 Å². The average molecular weight is 477 g/mol. The maximum absolute atomic E-state index is 12.8. The van der Waals surface area contributed by atoms with Gasteiger partial charge in [0.2, 0.25) is 0 Å². The van der Waals surface area contributed by atoms with Crippen LogP contribution in [-0.2, 0) is 32.6 Å². The Labute approximate surface area is 196 Å². The highest BCUT2D eigenvalue weighted by Crippen LogP contribution is 2.22. The maximum atomic E-state index is 12.8. The fourth-order valence-electron chi connectivity index (χ4n) is 3.43. The third-order valence-corrected chi connectivity index (χ3v) is 6.54. The summed E-state index contributed by atoms with van der Waals surface area (Å²) in [7, 11) is -3.79. The smallest absolute Gasteiger partial charge is 0.310 e. The van der Waals surface area contributed by atoms with Crippen molar-refractivity contribution in [3.05, 3.63) is 112 Å². The van der Waals surface area contributed by atoms with Crippen molar-refractivity contribution in [2.45, 2.75) is 17.9 Å². The number of para-hydroxylation sites is 1. The Morgan fingerprint density at radius 2 is 1.56 bits per heavy atom. The molecule has 0 aliphatic rings. The molecule has 0 bridgehead atoms. The summed E-state index contributed by atoms with van der Waals surface area (Å²) < 4.78 is 33.2. The zero-order valence-electron chi connectivity index (χ0n) is 17.9. The third-order valence-electron chi connectivity index (χ3n) is 5.16. The Balaban J connectivity index is 1.38. The normalized spacial score (nSPS) is 11.2. The summed E-state index contributed by atoms with van der Waals surface area (Å²) in [6.45, 7) is -0.209. The number of nitrogens with one attached hydrogen (secondary N) is 1. The zero-order valence-corrected chi connectivity index (χ0v) is 18.7. The molecule has 0 heterocycles. The molecule has 8 nitrogen and oxygen atoms in total. The van der Waals surface area contributed by atoms with Crippen LogP contribution in [0.15, 0.2) is 95.9 Å². The zero-order chi connectivity index (χ0) is 24.1. The van der Waals surface area contributed by atoms with Crippen molar-refractivity contribution in [2.75, 3.05) is 4.72 Å². The van der Waals surface area contributed by atoms with Gasteiger partial charge in [-0.15, -0.1) is 0 Å². The maximum Gasteiger partial charge on any atom is 0.310 e. The van der Waals surface area contributed by atoms with Crippen LogP contribution >= 0.6 is 0 Å². The van der Waals surface area contributed by atoms with E-state index in [0.717, 1.165) is 10.8 Å². The van der Waals surface area contributed by atoms with Gasteiger partial charge in [-0.1, -0.05) is 54.6 Å². The molecule has 0 unspecified atom stereocenters. The van der Waals surface area contributed by atoms with Gasteiger partial charge in [0.15, 0.2) is 0 Å². The highest BCUT2D eigenvalue weighted by atomic mass is 32.2. The number of carbonyl (C=O) groups excluding carboxylic acids is 1. The number of nitrogens with zero attached hydrogens (tertiary/aromatic N) is 1. The van der Waals surface area contributed by atoms with Gasteiger partial charge in [0.1, 0.15) is 6.61 Å².